The van der Waals surface area contributed by atoms with Gasteiger partial charge in [-0.2, -0.15) is 0 Å². The molecule has 9 heavy (non-hydrogen) atoms. The summed E-state index contributed by atoms with van der Waals surface area (Å²) in [5, 5.41) is 8.49. The normalized spacial score (nSPS) is 11.1. The molecule has 4 nitrogen and oxygen atoms in total. The first-order valence-electron chi connectivity index (χ1n) is 2.50. The van der Waals surface area contributed by atoms with Gasteiger partial charge in [0.2, 0.25) is 6.54 Å². The second-order valence-corrected chi connectivity index (χ2v) is 1.52. The molecule has 0 saturated carbocycles. The van der Waals surface area contributed by atoms with Gasteiger partial charge in [-0.1, -0.05) is 0 Å². The largest absolute Gasteiger partial charge is 0.464 e. The van der Waals surface area contributed by atoms with Crippen molar-refractivity contribution in [3.63, 3.8) is 0 Å². The van der Waals surface area contributed by atoms with Gasteiger partial charge in [-0.3, -0.25) is 0 Å². The monoisotopic (exact) mass is 132 g/mol. The van der Waals surface area contributed by atoms with E-state index >= 15 is 0 Å². The molecule has 0 aliphatic heterocycles. The zero-order valence-electron chi connectivity index (χ0n) is 5.47. The maximum atomic E-state index is 10.3. The summed E-state index contributed by atoms with van der Waals surface area (Å²) in [6.07, 6.45) is 0. The number of methoxy groups -OCH3 is 1. The van der Waals surface area contributed by atoms with Crippen LogP contribution in [-0.4, -0.2) is 30.6 Å². The first kappa shape index (κ1) is 7.94. The van der Waals surface area contributed by atoms with Crippen molar-refractivity contribution >= 4 is 11.9 Å². The number of esters is 1. The molecule has 0 aliphatic carbocycles. The minimum absolute atomic E-state index is 0.0127. The summed E-state index contributed by atoms with van der Waals surface area (Å²) >= 11 is 0. The molecule has 0 spiro atoms. The Morgan fingerprint density at radius 2 is 2.33 bits per heavy atom. The van der Waals surface area contributed by atoms with Crippen molar-refractivity contribution in [3.05, 3.63) is 0 Å². The van der Waals surface area contributed by atoms with E-state index in [0.717, 1.165) is 0 Å². The van der Waals surface area contributed by atoms with Crippen molar-refractivity contribution in [2.24, 2.45) is 0 Å². The molecule has 0 aliphatic rings. The molecule has 0 radical (unpaired) electrons. The average molecular weight is 132 g/mol. The Labute approximate surface area is 53.2 Å². The summed E-state index contributed by atoms with van der Waals surface area (Å²) in [6, 6.07) is 0. The highest BCUT2D eigenvalue weighted by molar-refractivity contribution is 5.71. The van der Waals surface area contributed by atoms with Crippen LogP contribution in [-0.2, 0) is 9.53 Å². The van der Waals surface area contributed by atoms with Crippen molar-refractivity contribution in [2.75, 3.05) is 13.7 Å². The SMILES string of the molecule is COC(=O)C[NH+]=C(C)O. The summed E-state index contributed by atoms with van der Waals surface area (Å²) in [5.41, 5.74) is 0. The standard InChI is InChI=1S/C5H9NO3/c1-4(7)6-3-5(8)9-2/h3H2,1-2H3,(H,6,7)/p+1. The Bertz CT molecular complexity index is 126. The summed E-state index contributed by atoms with van der Waals surface area (Å²) < 4.78 is 4.27. The lowest BCUT2D eigenvalue weighted by atomic mass is 10.6. The number of aliphatic hydroxyl groups excluding tert-OH is 1. The molecule has 0 fully saturated rings. The number of hydrogen-bond donors (Lipinski definition) is 2. The fourth-order valence-electron chi connectivity index (χ4n) is 0.272. The molecule has 0 atom stereocenters. The van der Waals surface area contributed by atoms with Gasteiger partial charge in [0.25, 0.3) is 0 Å². The van der Waals surface area contributed by atoms with Gasteiger partial charge in [-0.25, -0.2) is 9.79 Å². The van der Waals surface area contributed by atoms with Gasteiger partial charge in [0.05, 0.1) is 14.0 Å². The third-order valence-corrected chi connectivity index (χ3v) is 0.716. The van der Waals surface area contributed by atoms with Gasteiger partial charge >= 0.3 is 11.9 Å². The maximum absolute atomic E-state index is 10.3. The van der Waals surface area contributed by atoms with Gasteiger partial charge in [0.1, 0.15) is 0 Å². The van der Waals surface area contributed by atoms with E-state index in [2.05, 4.69) is 9.73 Å². The number of carbonyl (C=O) groups is 1. The maximum Gasteiger partial charge on any atom is 0.371 e. The topological polar surface area (TPSA) is 60.5 Å². The van der Waals surface area contributed by atoms with Crippen molar-refractivity contribution in [1.29, 1.82) is 0 Å². The van der Waals surface area contributed by atoms with Crippen LogP contribution in [0.2, 0.25) is 0 Å². The van der Waals surface area contributed by atoms with E-state index in [-0.39, 0.29) is 12.4 Å². The van der Waals surface area contributed by atoms with Gasteiger partial charge in [-0.15, -0.1) is 0 Å². The smallest absolute Gasteiger partial charge is 0.371 e. The molecular formula is C5H10NO3+. The van der Waals surface area contributed by atoms with E-state index in [1.807, 2.05) is 0 Å². The predicted octanol–water partition coefficient (Wildman–Crippen LogP) is -1.78. The second kappa shape index (κ2) is 3.88. The molecule has 0 aromatic heterocycles. The molecule has 0 heterocycles. The van der Waals surface area contributed by atoms with E-state index in [1.54, 1.807) is 0 Å². The van der Waals surface area contributed by atoms with Gasteiger partial charge < -0.3 is 9.84 Å². The number of carbonyl (C=O) groups excluding carboxylic acids is 1. The molecule has 2 N–H and O–H groups in total. The molecule has 0 bridgehead atoms. The first-order chi connectivity index (χ1) is 4.16. The van der Waals surface area contributed by atoms with Crippen LogP contribution in [0.25, 0.3) is 0 Å². The molecule has 0 rings (SSSR count). The van der Waals surface area contributed by atoms with Crippen molar-refractivity contribution in [1.82, 2.24) is 0 Å². The first-order valence-corrected chi connectivity index (χ1v) is 2.50. The van der Waals surface area contributed by atoms with Crippen molar-refractivity contribution in [3.8, 4) is 0 Å². The van der Waals surface area contributed by atoms with E-state index in [9.17, 15) is 4.79 Å². The zero-order chi connectivity index (χ0) is 7.28. The molecule has 0 amide bonds. The number of nitrogens with one attached hydrogen (secondary N) is 1. The van der Waals surface area contributed by atoms with Crippen LogP contribution in [0.3, 0.4) is 0 Å². The fraction of sp³-hybridized carbons (Fsp3) is 0.600. The van der Waals surface area contributed by atoms with Crippen LogP contribution in [0.15, 0.2) is 0 Å². The van der Waals surface area contributed by atoms with Crippen LogP contribution in [0.4, 0.5) is 0 Å². The summed E-state index contributed by atoms with van der Waals surface area (Å²) in [4.78, 5) is 12.7. The highest BCUT2D eigenvalue weighted by Gasteiger charge is 2.01. The highest BCUT2D eigenvalue weighted by atomic mass is 16.5. The second-order valence-electron chi connectivity index (χ2n) is 1.52. The third-order valence-electron chi connectivity index (χ3n) is 0.716. The van der Waals surface area contributed by atoms with Crippen LogP contribution in [0, 0.1) is 0 Å². The minimum atomic E-state index is -0.400. The number of ether oxygens (including phenoxy) is 1. The molecule has 0 aromatic rings. The van der Waals surface area contributed by atoms with Crippen molar-refractivity contribution < 1.29 is 19.6 Å². The molecule has 0 unspecified atom stereocenters. The molecule has 4 heteroatoms. The molecule has 52 valence electrons. The Balaban J connectivity index is 3.50. The quantitative estimate of drug-likeness (QED) is 0.265. The number of hydrogen-bond acceptors (Lipinski definition) is 2. The summed E-state index contributed by atoms with van der Waals surface area (Å²) in [5.74, 6) is -0.385. The third kappa shape index (κ3) is 4.80. The number of rotatable bonds is 2. The van der Waals surface area contributed by atoms with E-state index in [1.165, 1.54) is 14.0 Å². The van der Waals surface area contributed by atoms with Gasteiger partial charge in [0, 0.05) is 0 Å². The van der Waals surface area contributed by atoms with E-state index in [0.29, 0.717) is 0 Å². The highest BCUT2D eigenvalue weighted by Crippen LogP contribution is 1.60. The number of aliphatic hydroxyl groups is 1. The van der Waals surface area contributed by atoms with E-state index < -0.39 is 5.97 Å². The average Bonchev–Trinajstić information content (AvgIpc) is 1.83. The lowest BCUT2D eigenvalue weighted by molar-refractivity contribution is -0.456. The Hall–Kier alpha value is -1.06. The van der Waals surface area contributed by atoms with Crippen LogP contribution in [0.5, 0.6) is 0 Å². The van der Waals surface area contributed by atoms with Crippen LogP contribution < -0.4 is 4.99 Å². The van der Waals surface area contributed by atoms with Gasteiger partial charge in [-0.05, 0) is 0 Å². The minimum Gasteiger partial charge on any atom is -0.464 e. The Morgan fingerprint density at radius 3 is 2.67 bits per heavy atom. The predicted molar refractivity (Wildman–Crippen MR) is 31.2 cm³/mol. The van der Waals surface area contributed by atoms with Gasteiger partial charge in [0.15, 0.2) is 0 Å². The van der Waals surface area contributed by atoms with E-state index in [4.69, 9.17) is 5.11 Å². The molecule has 0 saturated heterocycles. The Morgan fingerprint density at radius 1 is 1.78 bits per heavy atom. The lowest BCUT2D eigenvalue weighted by Crippen LogP contribution is -2.74. The van der Waals surface area contributed by atoms with Crippen LogP contribution in [0.1, 0.15) is 6.92 Å². The fourth-order valence-corrected chi connectivity index (χ4v) is 0.272. The molecular weight excluding hydrogens is 122 g/mol. The lowest BCUT2D eigenvalue weighted by Gasteiger charge is -1.87. The summed E-state index contributed by atoms with van der Waals surface area (Å²) in [7, 11) is 1.29. The van der Waals surface area contributed by atoms with Crippen molar-refractivity contribution in [2.45, 2.75) is 6.92 Å². The Kier molecular flexibility index (Phi) is 3.43. The molecule has 0 aromatic carbocycles. The zero-order valence-corrected chi connectivity index (χ0v) is 5.47. The van der Waals surface area contributed by atoms with Crippen LogP contribution >= 0.6 is 0 Å². The summed E-state index contributed by atoms with van der Waals surface area (Å²) in [6.45, 7) is 1.46.